The lowest BCUT2D eigenvalue weighted by atomic mass is 9.99. The molecule has 0 unspecified atom stereocenters. The molecule has 0 spiro atoms. The number of hydrogen-bond acceptors (Lipinski definition) is 5. The van der Waals surface area contributed by atoms with Gasteiger partial charge in [0.25, 0.3) is 5.91 Å². The summed E-state index contributed by atoms with van der Waals surface area (Å²) in [5, 5.41) is 6.74. The maximum absolute atomic E-state index is 12.2. The van der Waals surface area contributed by atoms with E-state index in [4.69, 9.17) is 4.52 Å². The molecule has 1 amide bonds. The standard InChI is InChI=1S/C19H24N4O2/c1-13-6-8-23(9-7-13)18-5-2-14(11-20-18)12-21-19(24)16-10-17(25-22-16)15-3-4-15/h2,5,10-11,13,15H,3-4,6-9,12H2,1H3,(H,21,24). The van der Waals surface area contributed by atoms with Gasteiger partial charge in [-0.1, -0.05) is 18.1 Å². The molecular formula is C19H24N4O2. The van der Waals surface area contributed by atoms with Crippen LogP contribution >= 0.6 is 0 Å². The van der Waals surface area contributed by atoms with E-state index in [1.54, 1.807) is 6.07 Å². The van der Waals surface area contributed by atoms with Crippen LogP contribution in [0, 0.1) is 5.92 Å². The number of pyridine rings is 1. The van der Waals surface area contributed by atoms with E-state index in [1.807, 2.05) is 18.3 Å². The fourth-order valence-corrected chi connectivity index (χ4v) is 3.18. The molecule has 0 radical (unpaired) electrons. The molecule has 0 atom stereocenters. The Balaban J connectivity index is 1.30. The Bertz CT molecular complexity index is 728. The number of anilines is 1. The lowest BCUT2D eigenvalue weighted by molar-refractivity contribution is 0.0941. The van der Waals surface area contributed by atoms with Gasteiger partial charge in [-0.25, -0.2) is 4.98 Å². The van der Waals surface area contributed by atoms with Crippen LogP contribution in [-0.4, -0.2) is 29.1 Å². The molecule has 132 valence electrons. The van der Waals surface area contributed by atoms with Gasteiger partial charge < -0.3 is 14.7 Å². The fraction of sp³-hybridized carbons (Fsp3) is 0.526. The topological polar surface area (TPSA) is 71.3 Å². The van der Waals surface area contributed by atoms with E-state index < -0.39 is 0 Å². The Labute approximate surface area is 147 Å². The van der Waals surface area contributed by atoms with Crippen molar-refractivity contribution in [2.24, 2.45) is 5.92 Å². The molecule has 2 aromatic rings. The first-order valence-electron chi connectivity index (χ1n) is 9.14. The van der Waals surface area contributed by atoms with Crippen molar-refractivity contribution in [1.29, 1.82) is 0 Å². The molecule has 2 aromatic heterocycles. The molecule has 2 fully saturated rings. The van der Waals surface area contributed by atoms with Crippen molar-refractivity contribution in [1.82, 2.24) is 15.5 Å². The van der Waals surface area contributed by atoms with E-state index >= 15 is 0 Å². The predicted molar refractivity (Wildman–Crippen MR) is 94.5 cm³/mol. The first-order chi connectivity index (χ1) is 12.2. The van der Waals surface area contributed by atoms with Crippen LogP contribution < -0.4 is 10.2 Å². The van der Waals surface area contributed by atoms with Crippen molar-refractivity contribution in [3.05, 3.63) is 41.4 Å². The van der Waals surface area contributed by atoms with Crippen molar-refractivity contribution >= 4 is 11.7 Å². The molecule has 0 aromatic carbocycles. The number of hydrogen-bond donors (Lipinski definition) is 1. The number of nitrogens with one attached hydrogen (secondary N) is 1. The fourth-order valence-electron chi connectivity index (χ4n) is 3.18. The summed E-state index contributed by atoms with van der Waals surface area (Å²) in [5.74, 6) is 2.91. The summed E-state index contributed by atoms with van der Waals surface area (Å²) in [6, 6.07) is 5.82. The predicted octanol–water partition coefficient (Wildman–Crippen LogP) is 3.11. The Morgan fingerprint density at radius 1 is 1.28 bits per heavy atom. The molecule has 1 saturated heterocycles. The van der Waals surface area contributed by atoms with Gasteiger partial charge in [0.2, 0.25) is 0 Å². The number of amides is 1. The summed E-state index contributed by atoms with van der Waals surface area (Å²) in [6.45, 7) is 4.88. The summed E-state index contributed by atoms with van der Waals surface area (Å²) >= 11 is 0. The van der Waals surface area contributed by atoms with Gasteiger partial charge in [0, 0.05) is 37.8 Å². The van der Waals surface area contributed by atoms with Crippen LogP contribution in [0.4, 0.5) is 5.82 Å². The molecule has 1 N–H and O–H groups in total. The minimum atomic E-state index is -0.204. The van der Waals surface area contributed by atoms with Crippen molar-refractivity contribution in [3.8, 4) is 0 Å². The molecule has 25 heavy (non-hydrogen) atoms. The normalized spacial score (nSPS) is 18.4. The number of rotatable bonds is 5. The van der Waals surface area contributed by atoms with Crippen LogP contribution in [0.2, 0.25) is 0 Å². The van der Waals surface area contributed by atoms with Gasteiger partial charge in [-0.2, -0.15) is 0 Å². The van der Waals surface area contributed by atoms with Crippen molar-refractivity contribution in [3.63, 3.8) is 0 Å². The number of carbonyl (C=O) groups is 1. The first kappa shape index (κ1) is 16.1. The average molecular weight is 340 g/mol. The van der Waals surface area contributed by atoms with E-state index in [0.29, 0.717) is 18.2 Å². The van der Waals surface area contributed by atoms with Gasteiger partial charge in [0.1, 0.15) is 11.6 Å². The lowest BCUT2D eigenvalue weighted by Crippen LogP contribution is -2.33. The van der Waals surface area contributed by atoms with Gasteiger partial charge in [-0.15, -0.1) is 0 Å². The highest BCUT2D eigenvalue weighted by molar-refractivity contribution is 5.92. The highest BCUT2D eigenvalue weighted by Crippen LogP contribution is 2.40. The second-order valence-electron chi connectivity index (χ2n) is 7.27. The molecule has 6 nitrogen and oxygen atoms in total. The van der Waals surface area contributed by atoms with Crippen molar-refractivity contribution in [2.45, 2.75) is 45.1 Å². The minimum Gasteiger partial charge on any atom is -0.360 e. The number of aromatic nitrogens is 2. The van der Waals surface area contributed by atoms with Crippen LogP contribution in [-0.2, 0) is 6.54 Å². The molecule has 6 heteroatoms. The quantitative estimate of drug-likeness (QED) is 0.905. The third-order valence-corrected chi connectivity index (χ3v) is 5.11. The van der Waals surface area contributed by atoms with Crippen LogP contribution in [0.25, 0.3) is 0 Å². The lowest BCUT2D eigenvalue weighted by Gasteiger charge is -2.31. The number of piperidine rings is 1. The van der Waals surface area contributed by atoms with Crippen LogP contribution in [0.15, 0.2) is 28.9 Å². The third-order valence-electron chi connectivity index (χ3n) is 5.11. The molecular weight excluding hydrogens is 316 g/mol. The molecule has 1 aliphatic carbocycles. The Hall–Kier alpha value is -2.37. The average Bonchev–Trinajstić information content (AvgIpc) is 3.38. The smallest absolute Gasteiger partial charge is 0.273 e. The van der Waals surface area contributed by atoms with E-state index in [0.717, 1.165) is 49.0 Å². The van der Waals surface area contributed by atoms with E-state index in [2.05, 4.69) is 27.3 Å². The van der Waals surface area contributed by atoms with Gasteiger partial charge >= 0.3 is 0 Å². The summed E-state index contributed by atoms with van der Waals surface area (Å²) < 4.78 is 5.22. The van der Waals surface area contributed by atoms with Gasteiger partial charge in [0.15, 0.2) is 5.69 Å². The molecule has 1 aliphatic heterocycles. The van der Waals surface area contributed by atoms with Crippen molar-refractivity contribution in [2.75, 3.05) is 18.0 Å². The molecule has 3 heterocycles. The maximum atomic E-state index is 12.2. The zero-order valence-corrected chi connectivity index (χ0v) is 14.6. The third kappa shape index (κ3) is 3.83. The Morgan fingerprint density at radius 3 is 2.76 bits per heavy atom. The van der Waals surface area contributed by atoms with E-state index in [1.165, 1.54) is 12.8 Å². The summed E-state index contributed by atoms with van der Waals surface area (Å²) in [4.78, 5) is 19.0. The Morgan fingerprint density at radius 2 is 2.08 bits per heavy atom. The Kier molecular flexibility index (Phi) is 4.42. The number of nitrogens with zero attached hydrogens (tertiary/aromatic N) is 3. The second-order valence-corrected chi connectivity index (χ2v) is 7.27. The molecule has 0 bridgehead atoms. The maximum Gasteiger partial charge on any atom is 0.273 e. The van der Waals surface area contributed by atoms with Gasteiger partial charge in [-0.3, -0.25) is 4.79 Å². The van der Waals surface area contributed by atoms with Crippen LogP contribution in [0.5, 0.6) is 0 Å². The number of carbonyl (C=O) groups excluding carboxylic acids is 1. The van der Waals surface area contributed by atoms with Crippen molar-refractivity contribution < 1.29 is 9.32 Å². The summed E-state index contributed by atoms with van der Waals surface area (Å²) in [5.41, 5.74) is 1.34. The zero-order valence-electron chi connectivity index (χ0n) is 14.6. The van der Waals surface area contributed by atoms with E-state index in [9.17, 15) is 4.79 Å². The SMILES string of the molecule is CC1CCN(c2ccc(CNC(=O)c3cc(C4CC4)on3)cn2)CC1. The van der Waals surface area contributed by atoms with Gasteiger partial charge in [-0.05, 0) is 43.2 Å². The minimum absolute atomic E-state index is 0.204. The summed E-state index contributed by atoms with van der Waals surface area (Å²) in [7, 11) is 0. The van der Waals surface area contributed by atoms with Crippen LogP contribution in [0.3, 0.4) is 0 Å². The largest absolute Gasteiger partial charge is 0.360 e. The second kappa shape index (κ2) is 6.86. The van der Waals surface area contributed by atoms with Crippen LogP contribution in [0.1, 0.15) is 60.3 Å². The molecule has 2 aliphatic rings. The highest BCUT2D eigenvalue weighted by Gasteiger charge is 2.28. The summed E-state index contributed by atoms with van der Waals surface area (Å²) in [6.07, 6.45) is 6.54. The first-order valence-corrected chi connectivity index (χ1v) is 9.14. The molecule has 4 rings (SSSR count). The van der Waals surface area contributed by atoms with E-state index in [-0.39, 0.29) is 5.91 Å². The monoisotopic (exact) mass is 340 g/mol. The zero-order chi connectivity index (χ0) is 17.2. The molecule has 1 saturated carbocycles. The highest BCUT2D eigenvalue weighted by atomic mass is 16.5. The van der Waals surface area contributed by atoms with Gasteiger partial charge in [0.05, 0.1) is 0 Å².